The van der Waals surface area contributed by atoms with Crippen LogP contribution in [0.4, 0.5) is 0 Å². The standard InChI is InChI=1S/C16H26BN3O2/c1-6-20(19)14(11-18)12-7-9-13(10-8-12)17-21-15(2,3)16(4,5)22-17/h7-11H,6,18-19H2,1-5H3/b14-11-. The van der Waals surface area contributed by atoms with Gasteiger partial charge in [0.2, 0.25) is 0 Å². The van der Waals surface area contributed by atoms with E-state index in [9.17, 15) is 0 Å². The highest BCUT2D eigenvalue weighted by molar-refractivity contribution is 6.62. The van der Waals surface area contributed by atoms with Gasteiger partial charge in [0, 0.05) is 18.3 Å². The van der Waals surface area contributed by atoms with Gasteiger partial charge in [-0.05, 0) is 40.1 Å². The molecule has 5 nitrogen and oxygen atoms in total. The summed E-state index contributed by atoms with van der Waals surface area (Å²) in [6.45, 7) is 10.8. The van der Waals surface area contributed by atoms with Crippen molar-refractivity contribution in [1.29, 1.82) is 0 Å². The minimum absolute atomic E-state index is 0.338. The van der Waals surface area contributed by atoms with Crippen molar-refractivity contribution in [1.82, 2.24) is 5.01 Å². The Balaban J connectivity index is 2.20. The first kappa shape index (κ1) is 16.9. The van der Waals surface area contributed by atoms with Crippen LogP contribution < -0.4 is 17.0 Å². The summed E-state index contributed by atoms with van der Waals surface area (Å²) < 4.78 is 12.1. The summed E-state index contributed by atoms with van der Waals surface area (Å²) >= 11 is 0. The number of nitrogens with two attached hydrogens (primary N) is 2. The molecule has 0 aliphatic carbocycles. The largest absolute Gasteiger partial charge is 0.494 e. The molecule has 1 fully saturated rings. The third-order valence-electron chi connectivity index (χ3n) is 4.54. The van der Waals surface area contributed by atoms with Gasteiger partial charge in [-0.2, -0.15) is 0 Å². The average Bonchev–Trinajstić information content (AvgIpc) is 2.68. The molecular formula is C16H26BN3O2. The predicted molar refractivity (Wildman–Crippen MR) is 90.9 cm³/mol. The van der Waals surface area contributed by atoms with Crippen LogP contribution in [0.15, 0.2) is 30.5 Å². The summed E-state index contributed by atoms with van der Waals surface area (Å²) in [7, 11) is -0.357. The van der Waals surface area contributed by atoms with Gasteiger partial charge in [0.05, 0.1) is 16.9 Å². The van der Waals surface area contributed by atoms with Crippen molar-refractivity contribution < 1.29 is 9.31 Å². The molecule has 120 valence electrons. The van der Waals surface area contributed by atoms with Crippen molar-refractivity contribution in [3.05, 3.63) is 36.0 Å². The molecule has 0 unspecified atom stereocenters. The molecular weight excluding hydrogens is 277 g/mol. The van der Waals surface area contributed by atoms with Gasteiger partial charge < -0.3 is 20.1 Å². The van der Waals surface area contributed by atoms with Crippen LogP contribution in [0.1, 0.15) is 40.2 Å². The molecule has 4 N–H and O–H groups in total. The molecule has 1 aliphatic heterocycles. The summed E-state index contributed by atoms with van der Waals surface area (Å²) in [6, 6.07) is 7.94. The zero-order valence-electron chi connectivity index (χ0n) is 14.1. The lowest BCUT2D eigenvalue weighted by molar-refractivity contribution is 0.00578. The number of hydrazine groups is 1. The van der Waals surface area contributed by atoms with E-state index in [2.05, 4.69) is 0 Å². The lowest BCUT2D eigenvalue weighted by atomic mass is 9.79. The molecule has 0 aromatic heterocycles. The minimum Gasteiger partial charge on any atom is -0.403 e. The predicted octanol–water partition coefficient (Wildman–Crippen LogP) is 1.44. The SMILES string of the molecule is CCN(N)/C(=C\N)c1ccc(B2OC(C)(C)C(C)(C)O2)cc1. The molecule has 0 amide bonds. The molecule has 0 radical (unpaired) electrons. The number of benzene rings is 1. The Kier molecular flexibility index (Phi) is 4.56. The Morgan fingerprint density at radius 2 is 1.64 bits per heavy atom. The fourth-order valence-corrected chi connectivity index (χ4v) is 2.32. The Bertz CT molecular complexity index is 539. The van der Waals surface area contributed by atoms with Crippen molar-refractivity contribution >= 4 is 18.3 Å². The smallest absolute Gasteiger partial charge is 0.403 e. The maximum atomic E-state index is 6.05. The molecule has 0 atom stereocenters. The van der Waals surface area contributed by atoms with Crippen molar-refractivity contribution in [3.8, 4) is 0 Å². The first-order chi connectivity index (χ1) is 10.2. The van der Waals surface area contributed by atoms with Crippen LogP contribution in [0.25, 0.3) is 5.70 Å². The number of rotatable bonds is 4. The van der Waals surface area contributed by atoms with Crippen LogP contribution in [-0.2, 0) is 9.31 Å². The number of hydrogen-bond donors (Lipinski definition) is 2. The van der Waals surface area contributed by atoms with Crippen molar-refractivity contribution in [2.45, 2.75) is 45.8 Å². The second-order valence-corrected chi connectivity index (χ2v) is 6.55. The van der Waals surface area contributed by atoms with Gasteiger partial charge in [0.1, 0.15) is 0 Å². The molecule has 0 spiro atoms. The third-order valence-corrected chi connectivity index (χ3v) is 4.54. The van der Waals surface area contributed by atoms with Gasteiger partial charge in [0.15, 0.2) is 0 Å². The molecule has 6 heteroatoms. The van der Waals surface area contributed by atoms with Crippen LogP contribution in [-0.4, -0.2) is 29.9 Å². The zero-order chi connectivity index (χ0) is 16.5. The number of nitrogens with zero attached hydrogens (tertiary/aromatic N) is 1. The highest BCUT2D eigenvalue weighted by Gasteiger charge is 2.51. The second-order valence-electron chi connectivity index (χ2n) is 6.55. The second kappa shape index (κ2) is 5.95. The molecule has 0 saturated carbocycles. The summed E-state index contributed by atoms with van der Waals surface area (Å²) in [5, 5.41) is 1.61. The molecule has 1 aromatic carbocycles. The first-order valence-electron chi connectivity index (χ1n) is 7.62. The first-order valence-corrected chi connectivity index (χ1v) is 7.62. The van der Waals surface area contributed by atoms with Gasteiger partial charge in [-0.1, -0.05) is 24.3 Å². The maximum Gasteiger partial charge on any atom is 0.494 e. The number of hydrogen-bond acceptors (Lipinski definition) is 5. The Hall–Kier alpha value is -1.50. The van der Waals surface area contributed by atoms with Gasteiger partial charge in [-0.15, -0.1) is 0 Å². The van der Waals surface area contributed by atoms with E-state index in [0.717, 1.165) is 16.7 Å². The zero-order valence-corrected chi connectivity index (χ0v) is 14.1. The Morgan fingerprint density at radius 1 is 1.14 bits per heavy atom. The summed E-state index contributed by atoms with van der Waals surface area (Å²) in [5.41, 5.74) is 7.75. The highest BCUT2D eigenvalue weighted by atomic mass is 16.7. The molecule has 22 heavy (non-hydrogen) atoms. The quantitative estimate of drug-likeness (QED) is 0.500. The van der Waals surface area contributed by atoms with E-state index in [0.29, 0.717) is 6.54 Å². The van der Waals surface area contributed by atoms with Crippen LogP contribution in [0, 0.1) is 0 Å². The minimum atomic E-state index is -0.357. The Labute approximate surface area is 133 Å². The monoisotopic (exact) mass is 303 g/mol. The maximum absolute atomic E-state index is 6.05. The van der Waals surface area contributed by atoms with E-state index < -0.39 is 0 Å². The third kappa shape index (κ3) is 3.00. The topological polar surface area (TPSA) is 73.7 Å². The summed E-state index contributed by atoms with van der Waals surface area (Å²) in [4.78, 5) is 0. The average molecular weight is 303 g/mol. The van der Waals surface area contributed by atoms with Crippen molar-refractivity contribution in [2.24, 2.45) is 11.6 Å². The van der Waals surface area contributed by atoms with E-state index in [1.807, 2.05) is 58.9 Å². The van der Waals surface area contributed by atoms with Crippen LogP contribution in [0.3, 0.4) is 0 Å². The van der Waals surface area contributed by atoms with Crippen LogP contribution in [0.5, 0.6) is 0 Å². The molecule has 2 rings (SSSR count). The highest BCUT2D eigenvalue weighted by Crippen LogP contribution is 2.36. The normalized spacial score (nSPS) is 20.3. The van der Waals surface area contributed by atoms with E-state index >= 15 is 0 Å². The van der Waals surface area contributed by atoms with E-state index in [1.165, 1.54) is 6.20 Å². The molecule has 1 heterocycles. The van der Waals surface area contributed by atoms with Crippen LogP contribution >= 0.6 is 0 Å². The van der Waals surface area contributed by atoms with Gasteiger partial charge in [0.25, 0.3) is 0 Å². The molecule has 0 bridgehead atoms. The van der Waals surface area contributed by atoms with Crippen LogP contribution in [0.2, 0.25) is 0 Å². The lowest BCUT2D eigenvalue weighted by Crippen LogP contribution is -2.41. The summed E-state index contributed by atoms with van der Waals surface area (Å²) in [5.74, 6) is 5.93. The molecule has 1 aliphatic rings. The Morgan fingerprint density at radius 3 is 2.05 bits per heavy atom. The van der Waals surface area contributed by atoms with E-state index in [-0.39, 0.29) is 18.3 Å². The van der Waals surface area contributed by atoms with Crippen molar-refractivity contribution in [2.75, 3.05) is 6.54 Å². The lowest BCUT2D eigenvalue weighted by Gasteiger charge is -2.32. The van der Waals surface area contributed by atoms with E-state index in [4.69, 9.17) is 20.9 Å². The van der Waals surface area contributed by atoms with Gasteiger partial charge >= 0.3 is 7.12 Å². The fourth-order valence-electron chi connectivity index (χ4n) is 2.32. The van der Waals surface area contributed by atoms with Crippen molar-refractivity contribution in [3.63, 3.8) is 0 Å². The molecule has 1 saturated heterocycles. The van der Waals surface area contributed by atoms with E-state index in [1.54, 1.807) is 5.01 Å². The van der Waals surface area contributed by atoms with Gasteiger partial charge in [-0.3, -0.25) is 0 Å². The fraction of sp³-hybridized carbons (Fsp3) is 0.500. The van der Waals surface area contributed by atoms with Gasteiger partial charge in [-0.25, -0.2) is 5.84 Å². The molecule has 1 aromatic rings. The summed E-state index contributed by atoms with van der Waals surface area (Å²) in [6.07, 6.45) is 1.52.